The minimum absolute atomic E-state index is 0.00572. The number of carbonyl (C=O) groups excluding carboxylic acids is 2. The smallest absolute Gasteiger partial charge is 0.303 e. The molecule has 3 amide bonds. The van der Waals surface area contributed by atoms with Crippen molar-refractivity contribution in [3.8, 4) is 5.69 Å². The number of carbonyl (C=O) groups is 2. The van der Waals surface area contributed by atoms with E-state index in [2.05, 4.69) is 10.4 Å². The van der Waals surface area contributed by atoms with Gasteiger partial charge < -0.3 is 5.32 Å². The third-order valence-electron chi connectivity index (χ3n) is 6.50. The van der Waals surface area contributed by atoms with Crippen LogP contribution in [0.2, 0.25) is 0 Å². The van der Waals surface area contributed by atoms with Crippen LogP contribution in [-0.4, -0.2) is 26.6 Å². The van der Waals surface area contributed by atoms with E-state index in [4.69, 9.17) is 0 Å². The van der Waals surface area contributed by atoms with E-state index < -0.39 is 17.8 Å². The van der Waals surface area contributed by atoms with Crippen LogP contribution in [0.25, 0.3) is 11.8 Å². The molecule has 1 fully saturated rings. The van der Waals surface area contributed by atoms with Crippen LogP contribution in [0.15, 0.2) is 83.3 Å². The molecule has 3 aromatic carbocycles. The third-order valence-corrected chi connectivity index (χ3v) is 6.50. The maximum absolute atomic E-state index is 13.6. The van der Waals surface area contributed by atoms with Gasteiger partial charge in [0.15, 0.2) is 0 Å². The minimum atomic E-state index is -0.601. The lowest BCUT2D eigenvalue weighted by atomic mass is 10.0. The Balaban J connectivity index is 1.55. The Hall–Kier alpha value is -4.72. The number of aromatic amines is 1. The molecule has 1 aromatic heterocycles. The summed E-state index contributed by atoms with van der Waals surface area (Å²) in [6.45, 7) is 3.90. The highest BCUT2D eigenvalue weighted by Gasteiger charge is 2.34. The van der Waals surface area contributed by atoms with Crippen molar-refractivity contribution in [1.82, 2.24) is 20.0 Å². The predicted molar refractivity (Wildman–Crippen MR) is 139 cm³/mol. The summed E-state index contributed by atoms with van der Waals surface area (Å²) >= 11 is 0. The molecule has 0 atom stereocenters. The zero-order chi connectivity index (χ0) is 26.1. The third kappa shape index (κ3) is 4.73. The average molecular weight is 497 g/mol. The molecule has 0 bridgehead atoms. The number of hydrogen-bond acceptors (Lipinski definition) is 3. The molecule has 5 rings (SSSR count). The van der Waals surface area contributed by atoms with E-state index in [0.717, 1.165) is 21.6 Å². The van der Waals surface area contributed by atoms with Gasteiger partial charge in [-0.3, -0.25) is 19.6 Å². The van der Waals surface area contributed by atoms with Crippen molar-refractivity contribution in [2.24, 2.45) is 0 Å². The van der Waals surface area contributed by atoms with E-state index in [1.165, 1.54) is 35.0 Å². The molecule has 0 radical (unpaired) electrons. The first kappa shape index (κ1) is 24.0. The van der Waals surface area contributed by atoms with Gasteiger partial charge in [-0.2, -0.15) is 0 Å². The molecule has 0 spiro atoms. The minimum Gasteiger partial charge on any atom is -0.303 e. The van der Waals surface area contributed by atoms with Crippen molar-refractivity contribution in [2.75, 3.05) is 0 Å². The first-order valence-corrected chi connectivity index (χ1v) is 11.8. The topological polar surface area (TPSA) is 87.2 Å². The van der Waals surface area contributed by atoms with Gasteiger partial charge in [-0.1, -0.05) is 54.6 Å². The van der Waals surface area contributed by atoms with Gasteiger partial charge in [-0.05, 0) is 60.4 Å². The first-order chi connectivity index (χ1) is 17.8. The molecule has 2 N–H and O–H groups in total. The molecule has 4 aromatic rings. The molecule has 186 valence electrons. The molecule has 37 heavy (non-hydrogen) atoms. The van der Waals surface area contributed by atoms with Crippen LogP contribution in [0.3, 0.4) is 0 Å². The Morgan fingerprint density at radius 1 is 0.865 bits per heavy atom. The van der Waals surface area contributed by atoms with E-state index in [1.807, 2.05) is 62.4 Å². The summed E-state index contributed by atoms with van der Waals surface area (Å²) in [7, 11) is 0. The number of halogens is 1. The van der Waals surface area contributed by atoms with Gasteiger partial charge in [0, 0.05) is 12.1 Å². The Morgan fingerprint density at radius 2 is 1.54 bits per heavy atom. The Bertz CT molecular complexity index is 1600. The van der Waals surface area contributed by atoms with Crippen molar-refractivity contribution in [2.45, 2.75) is 26.8 Å². The molecular formula is C29H25FN4O3. The summed E-state index contributed by atoms with van der Waals surface area (Å²) in [6, 6.07) is 20.4. The number of para-hydroxylation sites is 1. The van der Waals surface area contributed by atoms with Gasteiger partial charge in [-0.15, -0.1) is 0 Å². The standard InChI is InChI=1S/C29H25FN4O3/c1-18-7-3-5-9-21(18)15-24-23(27(35)34(32-24)26-10-6-4-8-19(26)2)16-25-28(36)33(29(37)31-25)17-20-11-13-22(30)14-12-20/h3-14,16,32H,15,17H2,1-2H3,(H,31,37)/b25-16-. The average Bonchev–Trinajstić information content (AvgIpc) is 3.32. The second kappa shape index (κ2) is 9.73. The molecular weight excluding hydrogens is 471 g/mol. The van der Waals surface area contributed by atoms with Crippen molar-refractivity contribution in [3.05, 3.63) is 128 Å². The molecule has 0 unspecified atom stereocenters. The van der Waals surface area contributed by atoms with Crippen LogP contribution in [0.5, 0.6) is 0 Å². The highest BCUT2D eigenvalue weighted by Crippen LogP contribution is 2.21. The number of aryl methyl sites for hydroxylation is 2. The van der Waals surface area contributed by atoms with Gasteiger partial charge in [0.05, 0.1) is 17.8 Å². The molecule has 1 saturated heterocycles. The maximum Gasteiger partial charge on any atom is 0.329 e. The molecule has 0 aliphatic carbocycles. The number of rotatable bonds is 6. The lowest BCUT2D eigenvalue weighted by Crippen LogP contribution is -2.30. The number of amides is 3. The summed E-state index contributed by atoms with van der Waals surface area (Å²) in [4.78, 5) is 40.4. The molecule has 7 nitrogen and oxygen atoms in total. The lowest BCUT2D eigenvalue weighted by molar-refractivity contribution is -0.123. The summed E-state index contributed by atoms with van der Waals surface area (Å²) in [5.74, 6) is -0.959. The monoisotopic (exact) mass is 496 g/mol. The van der Waals surface area contributed by atoms with Crippen molar-refractivity contribution in [3.63, 3.8) is 0 Å². The Morgan fingerprint density at radius 3 is 2.24 bits per heavy atom. The summed E-state index contributed by atoms with van der Waals surface area (Å²) in [6.07, 6.45) is 1.87. The Kier molecular flexibility index (Phi) is 6.31. The van der Waals surface area contributed by atoms with Crippen LogP contribution in [0.1, 0.15) is 33.5 Å². The second-order valence-corrected chi connectivity index (χ2v) is 9.04. The van der Waals surface area contributed by atoms with Crippen molar-refractivity contribution in [1.29, 1.82) is 0 Å². The number of nitrogens with one attached hydrogen (secondary N) is 2. The van der Waals surface area contributed by atoms with Gasteiger partial charge in [0.25, 0.3) is 11.5 Å². The van der Waals surface area contributed by atoms with Gasteiger partial charge >= 0.3 is 6.03 Å². The van der Waals surface area contributed by atoms with Crippen molar-refractivity contribution >= 4 is 18.0 Å². The number of H-pyrrole nitrogens is 1. The largest absolute Gasteiger partial charge is 0.329 e. The zero-order valence-electron chi connectivity index (χ0n) is 20.4. The van der Waals surface area contributed by atoms with Crippen LogP contribution in [-0.2, 0) is 17.8 Å². The highest BCUT2D eigenvalue weighted by atomic mass is 19.1. The molecule has 8 heteroatoms. The van der Waals surface area contributed by atoms with E-state index in [1.54, 1.807) is 0 Å². The molecule has 0 saturated carbocycles. The number of aromatic nitrogens is 2. The van der Waals surface area contributed by atoms with Crippen LogP contribution in [0, 0.1) is 19.7 Å². The summed E-state index contributed by atoms with van der Waals surface area (Å²) in [5, 5.41) is 5.81. The zero-order valence-corrected chi connectivity index (χ0v) is 20.4. The fraction of sp³-hybridized carbons (Fsp3) is 0.138. The maximum atomic E-state index is 13.6. The van der Waals surface area contributed by atoms with Crippen LogP contribution in [0.4, 0.5) is 9.18 Å². The summed E-state index contributed by atoms with van der Waals surface area (Å²) in [5.41, 5.74) is 4.89. The quantitative estimate of drug-likeness (QED) is 0.302. The highest BCUT2D eigenvalue weighted by molar-refractivity contribution is 6.13. The number of hydrogen-bond donors (Lipinski definition) is 2. The van der Waals surface area contributed by atoms with E-state index in [0.29, 0.717) is 28.9 Å². The molecule has 2 heterocycles. The van der Waals surface area contributed by atoms with E-state index >= 15 is 0 Å². The SMILES string of the molecule is Cc1ccccc1Cc1[nH]n(-c2ccccc2C)c(=O)c1/C=C1\NC(=O)N(Cc2ccc(F)cc2)C1=O. The van der Waals surface area contributed by atoms with Crippen LogP contribution < -0.4 is 10.9 Å². The Labute approximate surface area is 212 Å². The number of imide groups is 1. The number of nitrogens with zero attached hydrogens (tertiary/aromatic N) is 2. The number of benzene rings is 3. The predicted octanol–water partition coefficient (Wildman–Crippen LogP) is 4.61. The van der Waals surface area contributed by atoms with Gasteiger partial charge in [0.1, 0.15) is 11.5 Å². The molecule has 1 aliphatic heterocycles. The van der Waals surface area contributed by atoms with E-state index in [9.17, 15) is 18.8 Å². The lowest BCUT2D eigenvalue weighted by Gasteiger charge is -2.11. The molecule has 1 aliphatic rings. The fourth-order valence-corrected chi connectivity index (χ4v) is 4.39. The normalized spacial score (nSPS) is 14.5. The van der Waals surface area contributed by atoms with Crippen LogP contribution >= 0.6 is 0 Å². The van der Waals surface area contributed by atoms with Gasteiger partial charge in [0.2, 0.25) is 0 Å². The summed E-state index contributed by atoms with van der Waals surface area (Å²) < 4.78 is 14.7. The fourth-order valence-electron chi connectivity index (χ4n) is 4.39. The number of urea groups is 1. The van der Waals surface area contributed by atoms with Gasteiger partial charge in [-0.25, -0.2) is 13.9 Å². The van der Waals surface area contributed by atoms with E-state index in [-0.39, 0.29) is 17.8 Å². The first-order valence-electron chi connectivity index (χ1n) is 11.8. The second-order valence-electron chi connectivity index (χ2n) is 9.04. The van der Waals surface area contributed by atoms with Crippen molar-refractivity contribution < 1.29 is 14.0 Å².